The molecular formula is C11H15N3O. The van der Waals surface area contributed by atoms with Crippen LogP contribution in [0.3, 0.4) is 0 Å². The lowest BCUT2D eigenvalue weighted by Gasteiger charge is -2.22. The first kappa shape index (κ1) is 9.96. The maximum atomic E-state index is 9.10. The van der Waals surface area contributed by atoms with Crippen molar-refractivity contribution in [3.8, 4) is 0 Å². The van der Waals surface area contributed by atoms with Crippen LogP contribution in [0.5, 0.6) is 0 Å². The molecule has 2 aromatic rings. The fraction of sp³-hybridized carbons (Fsp3) is 0.455. The third-order valence-corrected chi connectivity index (χ3v) is 3.04. The molecule has 80 valence electrons. The summed E-state index contributed by atoms with van der Waals surface area (Å²) in [6, 6.07) is 5.92. The fourth-order valence-electron chi connectivity index (χ4n) is 1.53. The van der Waals surface area contributed by atoms with Crippen LogP contribution in [0.4, 0.5) is 0 Å². The SMILES string of the molecule is CCC(C)(C)c1ccc2nn(O)nc2c1. The van der Waals surface area contributed by atoms with Gasteiger partial charge in [0.25, 0.3) is 0 Å². The first-order valence-electron chi connectivity index (χ1n) is 5.10. The van der Waals surface area contributed by atoms with Crippen LogP contribution in [-0.2, 0) is 5.41 Å². The Morgan fingerprint density at radius 2 is 1.93 bits per heavy atom. The number of rotatable bonds is 2. The second-order valence-electron chi connectivity index (χ2n) is 4.41. The fourth-order valence-corrected chi connectivity index (χ4v) is 1.53. The van der Waals surface area contributed by atoms with E-state index < -0.39 is 0 Å². The average Bonchev–Trinajstić information content (AvgIpc) is 2.56. The van der Waals surface area contributed by atoms with Crippen molar-refractivity contribution in [2.75, 3.05) is 0 Å². The van der Waals surface area contributed by atoms with Gasteiger partial charge in [-0.2, -0.15) is 0 Å². The summed E-state index contributed by atoms with van der Waals surface area (Å²) < 4.78 is 0. The van der Waals surface area contributed by atoms with Crippen molar-refractivity contribution in [1.82, 2.24) is 15.2 Å². The summed E-state index contributed by atoms with van der Waals surface area (Å²) in [5.74, 6) is 0. The molecule has 0 aliphatic carbocycles. The Balaban J connectivity index is 2.55. The van der Waals surface area contributed by atoms with Crippen LogP contribution in [0.1, 0.15) is 32.8 Å². The second kappa shape index (κ2) is 3.22. The molecule has 1 N–H and O–H groups in total. The van der Waals surface area contributed by atoms with Crippen molar-refractivity contribution in [3.05, 3.63) is 23.8 Å². The first-order chi connectivity index (χ1) is 7.03. The molecule has 2 rings (SSSR count). The van der Waals surface area contributed by atoms with Crippen LogP contribution in [0.15, 0.2) is 18.2 Å². The molecule has 0 amide bonds. The van der Waals surface area contributed by atoms with E-state index in [0.717, 1.165) is 11.9 Å². The van der Waals surface area contributed by atoms with Gasteiger partial charge in [-0.3, -0.25) is 0 Å². The van der Waals surface area contributed by atoms with Gasteiger partial charge in [0.1, 0.15) is 11.0 Å². The van der Waals surface area contributed by atoms with Crippen molar-refractivity contribution < 1.29 is 5.21 Å². The summed E-state index contributed by atoms with van der Waals surface area (Å²) in [6.45, 7) is 6.54. The minimum Gasteiger partial charge on any atom is -0.396 e. The van der Waals surface area contributed by atoms with Crippen LogP contribution < -0.4 is 0 Å². The molecule has 1 aromatic heterocycles. The van der Waals surface area contributed by atoms with Crippen molar-refractivity contribution in [1.29, 1.82) is 0 Å². The van der Waals surface area contributed by atoms with Gasteiger partial charge in [-0.25, -0.2) is 0 Å². The van der Waals surface area contributed by atoms with Crippen LogP contribution in [0.2, 0.25) is 0 Å². The van der Waals surface area contributed by atoms with Crippen molar-refractivity contribution in [3.63, 3.8) is 0 Å². The van der Waals surface area contributed by atoms with E-state index in [2.05, 4.69) is 31.0 Å². The number of hydrogen-bond acceptors (Lipinski definition) is 3. The molecule has 0 saturated carbocycles. The summed E-state index contributed by atoms with van der Waals surface area (Å²) in [7, 11) is 0. The van der Waals surface area contributed by atoms with Gasteiger partial charge in [-0.15, -0.1) is 10.2 Å². The minimum atomic E-state index is 0.132. The summed E-state index contributed by atoms with van der Waals surface area (Å²) in [4.78, 5) is 0.618. The van der Waals surface area contributed by atoms with E-state index in [9.17, 15) is 0 Å². The van der Waals surface area contributed by atoms with E-state index in [1.807, 2.05) is 18.2 Å². The average molecular weight is 205 g/mol. The number of hydrogen-bond donors (Lipinski definition) is 1. The van der Waals surface area contributed by atoms with E-state index in [0.29, 0.717) is 10.5 Å². The Morgan fingerprint density at radius 3 is 2.60 bits per heavy atom. The molecule has 0 saturated heterocycles. The van der Waals surface area contributed by atoms with E-state index >= 15 is 0 Å². The Hall–Kier alpha value is -1.58. The van der Waals surface area contributed by atoms with Crippen molar-refractivity contribution >= 4 is 11.0 Å². The zero-order chi connectivity index (χ0) is 11.1. The molecule has 0 aliphatic rings. The monoisotopic (exact) mass is 205 g/mol. The topological polar surface area (TPSA) is 50.9 Å². The standard InChI is InChI=1S/C11H15N3O/c1-4-11(2,3)8-5-6-9-10(7-8)13-14(15)12-9/h5-7,15H,4H2,1-3H3. The summed E-state index contributed by atoms with van der Waals surface area (Å²) >= 11 is 0. The first-order valence-corrected chi connectivity index (χ1v) is 5.10. The molecule has 0 radical (unpaired) electrons. The van der Waals surface area contributed by atoms with Crippen molar-refractivity contribution in [2.45, 2.75) is 32.6 Å². The Kier molecular flexibility index (Phi) is 2.14. The van der Waals surface area contributed by atoms with Gasteiger partial charge in [0.2, 0.25) is 0 Å². The number of fused-ring (bicyclic) bond motifs is 1. The lowest BCUT2D eigenvalue weighted by atomic mass is 9.82. The Labute approximate surface area is 88.5 Å². The van der Waals surface area contributed by atoms with Crippen LogP contribution >= 0.6 is 0 Å². The van der Waals surface area contributed by atoms with Gasteiger partial charge in [-0.05, 0) is 34.5 Å². The molecule has 4 nitrogen and oxygen atoms in total. The highest BCUT2D eigenvalue weighted by Gasteiger charge is 2.18. The normalized spacial score (nSPS) is 12.2. The summed E-state index contributed by atoms with van der Waals surface area (Å²) in [5.41, 5.74) is 2.80. The Morgan fingerprint density at radius 1 is 1.27 bits per heavy atom. The lowest BCUT2D eigenvalue weighted by Crippen LogP contribution is -2.15. The molecule has 0 atom stereocenters. The van der Waals surface area contributed by atoms with E-state index in [1.54, 1.807) is 0 Å². The maximum Gasteiger partial charge on any atom is 0.117 e. The third kappa shape index (κ3) is 1.67. The van der Waals surface area contributed by atoms with Gasteiger partial charge < -0.3 is 5.21 Å². The molecule has 0 unspecified atom stereocenters. The third-order valence-electron chi connectivity index (χ3n) is 3.04. The van der Waals surface area contributed by atoms with Crippen LogP contribution in [-0.4, -0.2) is 20.4 Å². The van der Waals surface area contributed by atoms with Gasteiger partial charge in [0, 0.05) is 0 Å². The molecule has 0 bridgehead atoms. The molecule has 4 heteroatoms. The maximum absolute atomic E-state index is 9.10. The van der Waals surface area contributed by atoms with E-state index in [4.69, 9.17) is 5.21 Å². The number of aromatic nitrogens is 3. The largest absolute Gasteiger partial charge is 0.396 e. The molecule has 15 heavy (non-hydrogen) atoms. The number of nitrogens with zero attached hydrogens (tertiary/aromatic N) is 3. The zero-order valence-electron chi connectivity index (χ0n) is 9.23. The second-order valence-corrected chi connectivity index (χ2v) is 4.41. The lowest BCUT2D eigenvalue weighted by molar-refractivity contribution is 0.113. The molecule has 1 heterocycles. The summed E-state index contributed by atoms with van der Waals surface area (Å²) in [5, 5.41) is 16.8. The predicted molar refractivity (Wildman–Crippen MR) is 58.0 cm³/mol. The highest BCUT2D eigenvalue weighted by molar-refractivity contribution is 5.74. The quantitative estimate of drug-likeness (QED) is 0.766. The predicted octanol–water partition coefficient (Wildman–Crippen LogP) is 2.36. The van der Waals surface area contributed by atoms with Gasteiger partial charge in [0.15, 0.2) is 0 Å². The van der Waals surface area contributed by atoms with E-state index in [-0.39, 0.29) is 5.41 Å². The van der Waals surface area contributed by atoms with Crippen LogP contribution in [0.25, 0.3) is 11.0 Å². The molecular weight excluding hydrogens is 190 g/mol. The minimum absolute atomic E-state index is 0.132. The van der Waals surface area contributed by atoms with Gasteiger partial charge >= 0.3 is 0 Å². The zero-order valence-corrected chi connectivity index (χ0v) is 9.23. The molecule has 1 aromatic carbocycles. The Bertz CT molecular complexity index is 488. The summed E-state index contributed by atoms with van der Waals surface area (Å²) in [6.07, 6.45) is 1.06. The molecule has 0 aliphatic heterocycles. The van der Waals surface area contributed by atoms with Gasteiger partial charge in [-0.1, -0.05) is 26.8 Å². The molecule has 0 fully saturated rings. The van der Waals surface area contributed by atoms with Gasteiger partial charge in [0.05, 0.1) is 0 Å². The highest BCUT2D eigenvalue weighted by Crippen LogP contribution is 2.28. The smallest absolute Gasteiger partial charge is 0.117 e. The highest BCUT2D eigenvalue weighted by atomic mass is 16.5. The number of benzene rings is 1. The van der Waals surface area contributed by atoms with Crippen molar-refractivity contribution in [2.24, 2.45) is 0 Å². The van der Waals surface area contributed by atoms with Crippen LogP contribution in [0, 0.1) is 0 Å². The van der Waals surface area contributed by atoms with E-state index in [1.165, 1.54) is 5.56 Å². The molecule has 0 spiro atoms.